The molecule has 0 N–H and O–H groups in total. The Morgan fingerprint density at radius 1 is 1.50 bits per heavy atom. The number of benzene rings is 1. The van der Waals surface area contributed by atoms with Crippen LogP contribution < -0.4 is 5.76 Å². The average Bonchev–Trinajstić information content (AvgIpc) is 2.92. The van der Waals surface area contributed by atoms with Gasteiger partial charge in [0.1, 0.15) is 0 Å². The van der Waals surface area contributed by atoms with E-state index in [2.05, 4.69) is 42.8 Å². The molecule has 0 bridgehead atoms. The highest BCUT2D eigenvalue weighted by Gasteiger charge is 2.49. The molecule has 0 amide bonds. The van der Waals surface area contributed by atoms with Crippen LogP contribution in [-0.2, 0) is 6.54 Å². The highest BCUT2D eigenvalue weighted by molar-refractivity contribution is 9.09. The number of nitrogens with zero attached hydrogens (tertiary/aromatic N) is 1. The second-order valence-corrected chi connectivity index (χ2v) is 7.43. The third-order valence-corrected chi connectivity index (χ3v) is 5.57. The lowest BCUT2D eigenvalue weighted by molar-refractivity contribution is 0.502. The summed E-state index contributed by atoms with van der Waals surface area (Å²) in [5, 5.41) is 0. The molecule has 1 aliphatic carbocycles. The van der Waals surface area contributed by atoms with Crippen LogP contribution in [0, 0.1) is 11.3 Å². The van der Waals surface area contributed by atoms with Gasteiger partial charge in [0.25, 0.3) is 0 Å². The van der Waals surface area contributed by atoms with Crippen LogP contribution in [0.25, 0.3) is 11.1 Å². The fraction of sp³-hybridized carbons (Fsp3) is 0.562. The first-order chi connectivity index (χ1) is 9.44. The first-order valence-electron chi connectivity index (χ1n) is 7.21. The van der Waals surface area contributed by atoms with Crippen LogP contribution in [0.2, 0.25) is 0 Å². The maximum absolute atomic E-state index is 11.8. The monoisotopic (exact) mass is 337 g/mol. The van der Waals surface area contributed by atoms with Gasteiger partial charge in [-0.05, 0) is 41.9 Å². The molecule has 3 nitrogen and oxygen atoms in total. The highest BCUT2D eigenvalue weighted by atomic mass is 79.9. The first kappa shape index (κ1) is 13.9. The number of alkyl halides is 1. The van der Waals surface area contributed by atoms with Crippen LogP contribution in [0.4, 0.5) is 0 Å². The molecule has 1 saturated carbocycles. The van der Waals surface area contributed by atoms with Crippen molar-refractivity contribution in [2.24, 2.45) is 11.3 Å². The topological polar surface area (TPSA) is 35.1 Å². The molecule has 1 aromatic heterocycles. The molecule has 1 fully saturated rings. The van der Waals surface area contributed by atoms with E-state index in [0.717, 1.165) is 11.9 Å². The van der Waals surface area contributed by atoms with Crippen molar-refractivity contribution in [1.29, 1.82) is 0 Å². The van der Waals surface area contributed by atoms with Crippen molar-refractivity contribution in [2.45, 2.75) is 45.0 Å². The second-order valence-electron chi connectivity index (χ2n) is 6.45. The van der Waals surface area contributed by atoms with E-state index >= 15 is 0 Å². The Labute approximate surface area is 127 Å². The molecule has 0 aliphatic heterocycles. The summed E-state index contributed by atoms with van der Waals surface area (Å²) in [4.78, 5) is 12.2. The average molecular weight is 338 g/mol. The van der Waals surface area contributed by atoms with Crippen molar-refractivity contribution in [3.63, 3.8) is 0 Å². The Morgan fingerprint density at radius 2 is 2.20 bits per heavy atom. The van der Waals surface area contributed by atoms with Crippen LogP contribution in [0.15, 0.2) is 27.4 Å². The molecule has 0 spiro atoms. The second kappa shape index (κ2) is 4.76. The van der Waals surface area contributed by atoms with Crippen molar-refractivity contribution in [2.75, 3.05) is 0 Å². The lowest BCUT2D eigenvalue weighted by Crippen LogP contribution is -2.13. The Hall–Kier alpha value is -1.03. The number of halogens is 1. The molecule has 3 rings (SSSR count). The molecule has 2 unspecified atom stereocenters. The molecule has 2 aromatic rings. The molecule has 4 heteroatoms. The van der Waals surface area contributed by atoms with Gasteiger partial charge >= 0.3 is 5.76 Å². The highest BCUT2D eigenvalue weighted by Crippen LogP contribution is 2.60. The third kappa shape index (κ3) is 2.24. The van der Waals surface area contributed by atoms with E-state index in [1.54, 1.807) is 4.57 Å². The van der Waals surface area contributed by atoms with E-state index in [9.17, 15) is 4.79 Å². The normalized spacial score (nSPS) is 22.1. The number of fused-ring (bicyclic) bond motifs is 1. The zero-order chi connectivity index (χ0) is 14.5. The van der Waals surface area contributed by atoms with Crippen molar-refractivity contribution in [3.05, 3.63) is 34.3 Å². The number of hydrogen-bond acceptors (Lipinski definition) is 2. The molecular weight excluding hydrogens is 318 g/mol. The Morgan fingerprint density at radius 3 is 2.80 bits per heavy atom. The Bertz CT molecular complexity index is 698. The van der Waals surface area contributed by atoms with Gasteiger partial charge in [0.15, 0.2) is 5.58 Å². The third-order valence-electron chi connectivity index (χ3n) is 4.40. The van der Waals surface area contributed by atoms with E-state index in [-0.39, 0.29) is 5.76 Å². The molecule has 1 aliphatic rings. The number of rotatable bonds is 4. The molecule has 0 radical (unpaired) electrons. The van der Waals surface area contributed by atoms with E-state index < -0.39 is 0 Å². The predicted octanol–water partition coefficient (Wildman–Crippen LogP) is 4.49. The zero-order valence-electron chi connectivity index (χ0n) is 12.1. The summed E-state index contributed by atoms with van der Waals surface area (Å²) in [7, 11) is 0. The van der Waals surface area contributed by atoms with Gasteiger partial charge < -0.3 is 4.42 Å². The smallest absolute Gasteiger partial charge is 0.408 e. The van der Waals surface area contributed by atoms with Crippen molar-refractivity contribution in [1.82, 2.24) is 4.57 Å². The SMILES string of the molecule is CCCn1c(=O)oc2cc(C(Br)C3CC3(C)C)ccc21. The summed E-state index contributed by atoms with van der Waals surface area (Å²) in [6, 6.07) is 6.13. The lowest BCUT2D eigenvalue weighted by atomic mass is 10.0. The number of oxazole rings is 1. The Balaban J connectivity index is 1.98. The van der Waals surface area contributed by atoms with E-state index in [4.69, 9.17) is 4.42 Å². The minimum atomic E-state index is -0.253. The molecule has 20 heavy (non-hydrogen) atoms. The standard InChI is InChI=1S/C16H20BrNO2/c1-4-7-18-12-6-5-10(8-13(12)20-15(18)19)14(17)11-9-16(11,2)3/h5-6,8,11,14H,4,7,9H2,1-3H3. The van der Waals surface area contributed by atoms with Gasteiger partial charge in [0.05, 0.1) is 5.52 Å². The molecule has 1 aromatic carbocycles. The maximum atomic E-state index is 11.8. The minimum absolute atomic E-state index is 0.253. The summed E-state index contributed by atoms with van der Waals surface area (Å²) in [6.07, 6.45) is 2.16. The summed E-state index contributed by atoms with van der Waals surface area (Å²) >= 11 is 3.80. The Kier molecular flexibility index (Phi) is 3.32. The number of aromatic nitrogens is 1. The van der Waals surface area contributed by atoms with Crippen LogP contribution >= 0.6 is 15.9 Å². The summed E-state index contributed by atoms with van der Waals surface area (Å²) in [5.41, 5.74) is 3.21. The number of aryl methyl sites for hydroxylation is 1. The number of hydrogen-bond donors (Lipinski definition) is 0. The lowest BCUT2D eigenvalue weighted by Gasteiger charge is -2.12. The molecular formula is C16H20BrNO2. The van der Waals surface area contributed by atoms with Gasteiger partial charge in [-0.15, -0.1) is 0 Å². The fourth-order valence-corrected chi connectivity index (χ4v) is 4.12. The van der Waals surface area contributed by atoms with Crippen LogP contribution in [0.1, 0.15) is 44.0 Å². The van der Waals surface area contributed by atoms with Gasteiger partial charge in [-0.25, -0.2) is 4.79 Å². The minimum Gasteiger partial charge on any atom is -0.408 e. The molecule has 108 valence electrons. The fourth-order valence-electron chi connectivity index (χ4n) is 2.93. The van der Waals surface area contributed by atoms with Crippen LogP contribution in [-0.4, -0.2) is 4.57 Å². The van der Waals surface area contributed by atoms with E-state index in [1.807, 2.05) is 12.1 Å². The quantitative estimate of drug-likeness (QED) is 0.770. The van der Waals surface area contributed by atoms with Crippen LogP contribution in [0.5, 0.6) is 0 Å². The van der Waals surface area contributed by atoms with Gasteiger partial charge in [-0.2, -0.15) is 0 Å². The predicted molar refractivity (Wildman–Crippen MR) is 84.3 cm³/mol. The van der Waals surface area contributed by atoms with Crippen LogP contribution in [0.3, 0.4) is 0 Å². The van der Waals surface area contributed by atoms with Crippen molar-refractivity contribution >= 4 is 27.0 Å². The van der Waals surface area contributed by atoms with Crippen molar-refractivity contribution < 1.29 is 4.42 Å². The summed E-state index contributed by atoms with van der Waals surface area (Å²) in [6.45, 7) is 7.35. The van der Waals surface area contributed by atoms with E-state index in [0.29, 0.717) is 28.3 Å². The summed E-state index contributed by atoms with van der Waals surface area (Å²) < 4.78 is 7.09. The van der Waals surface area contributed by atoms with Gasteiger partial charge in [-0.1, -0.05) is 42.8 Å². The van der Waals surface area contributed by atoms with Gasteiger partial charge in [0.2, 0.25) is 0 Å². The maximum Gasteiger partial charge on any atom is 0.419 e. The van der Waals surface area contributed by atoms with Crippen molar-refractivity contribution in [3.8, 4) is 0 Å². The first-order valence-corrected chi connectivity index (χ1v) is 8.13. The van der Waals surface area contributed by atoms with E-state index in [1.165, 1.54) is 12.0 Å². The molecule has 1 heterocycles. The zero-order valence-corrected chi connectivity index (χ0v) is 13.7. The van der Waals surface area contributed by atoms with Gasteiger partial charge in [0, 0.05) is 11.4 Å². The summed E-state index contributed by atoms with van der Waals surface area (Å²) in [5.74, 6) is 0.404. The largest absolute Gasteiger partial charge is 0.419 e. The molecule has 0 saturated heterocycles. The molecule has 2 atom stereocenters. The van der Waals surface area contributed by atoms with Gasteiger partial charge in [-0.3, -0.25) is 4.57 Å².